The van der Waals surface area contributed by atoms with Crippen molar-refractivity contribution in [3.05, 3.63) is 192 Å². The number of nitrogens with zero attached hydrogens (tertiary/aromatic N) is 2. The Morgan fingerprint density at radius 1 is 0.345 bits per heavy atom. The molecule has 58 heavy (non-hydrogen) atoms. The van der Waals surface area contributed by atoms with Gasteiger partial charge < -0.3 is 9.13 Å². The smallest absolute Gasteiger partial charge is 0.0452 e. The summed E-state index contributed by atoms with van der Waals surface area (Å²) in [5.74, 6) is 0. The molecule has 8 aromatic rings. The van der Waals surface area contributed by atoms with E-state index in [1.54, 1.807) is 0 Å². The largest absolute Gasteiger partial charge is 0.320 e. The van der Waals surface area contributed by atoms with Crippen molar-refractivity contribution >= 4 is 0 Å². The van der Waals surface area contributed by atoms with Gasteiger partial charge in [0.1, 0.15) is 0 Å². The fourth-order valence-corrected chi connectivity index (χ4v) is 8.44. The van der Waals surface area contributed by atoms with Crippen LogP contribution in [0.5, 0.6) is 0 Å². The summed E-state index contributed by atoms with van der Waals surface area (Å²) >= 11 is 0. The van der Waals surface area contributed by atoms with Crippen LogP contribution in [0.2, 0.25) is 0 Å². The second-order valence-electron chi connectivity index (χ2n) is 18.2. The van der Waals surface area contributed by atoms with Gasteiger partial charge in [-0.3, -0.25) is 0 Å². The van der Waals surface area contributed by atoms with E-state index in [-0.39, 0.29) is 10.8 Å². The summed E-state index contributed by atoms with van der Waals surface area (Å²) in [6, 6.07) is 54.1. The molecule has 0 saturated carbocycles. The summed E-state index contributed by atoms with van der Waals surface area (Å²) in [6.07, 6.45) is 4.64. The Hall–Kier alpha value is -6.12. The molecule has 2 heteroatoms. The summed E-state index contributed by atoms with van der Waals surface area (Å²) in [6.45, 7) is 22.4. The standard InChI is InChI=1S/C56H56N2/c1-37-13-11-15-45(33-37)51-35-57(49-29-25-47(26-30-49)55(5,6)7)39(3)53(51)43-21-17-41(18-22-43)42-19-23-44(24-20-42)54-40(4)58(36-52(54)46-16-12-14-38(2)34-46)50-31-27-48(28-32-50)56(8,9)10/h11-36H,1-10H3. The maximum Gasteiger partial charge on any atom is 0.0452 e. The molecule has 0 aliphatic carbocycles. The van der Waals surface area contributed by atoms with Crippen molar-refractivity contribution in [2.45, 2.75) is 80.1 Å². The highest BCUT2D eigenvalue weighted by atomic mass is 15.0. The average molecular weight is 757 g/mol. The monoisotopic (exact) mass is 756 g/mol. The molecule has 0 atom stereocenters. The van der Waals surface area contributed by atoms with E-state index in [1.807, 2.05) is 0 Å². The molecule has 0 unspecified atom stereocenters. The van der Waals surface area contributed by atoms with Crippen molar-refractivity contribution < 1.29 is 0 Å². The van der Waals surface area contributed by atoms with Gasteiger partial charge in [0, 0.05) is 57.4 Å². The number of hydrogen-bond acceptors (Lipinski definition) is 0. The fraction of sp³-hybridized carbons (Fsp3) is 0.214. The van der Waals surface area contributed by atoms with Crippen LogP contribution in [0.25, 0.3) is 67.0 Å². The first-order valence-corrected chi connectivity index (χ1v) is 20.7. The quantitative estimate of drug-likeness (QED) is 0.153. The number of aryl methyl sites for hydroxylation is 2. The average Bonchev–Trinajstić information content (AvgIpc) is 3.74. The van der Waals surface area contributed by atoms with Gasteiger partial charge in [0.05, 0.1) is 0 Å². The lowest BCUT2D eigenvalue weighted by Crippen LogP contribution is -2.10. The number of hydrogen-bond donors (Lipinski definition) is 0. The predicted molar refractivity (Wildman–Crippen MR) is 249 cm³/mol. The molecule has 2 heterocycles. The number of rotatable bonds is 7. The van der Waals surface area contributed by atoms with Crippen molar-refractivity contribution in [2.75, 3.05) is 0 Å². The minimum absolute atomic E-state index is 0.110. The van der Waals surface area contributed by atoms with E-state index in [0.29, 0.717) is 0 Å². The Morgan fingerprint density at radius 3 is 0.983 bits per heavy atom. The summed E-state index contributed by atoms with van der Waals surface area (Å²) in [7, 11) is 0. The van der Waals surface area contributed by atoms with Crippen LogP contribution in [-0.2, 0) is 10.8 Å². The van der Waals surface area contributed by atoms with Crippen LogP contribution in [-0.4, -0.2) is 9.13 Å². The number of aromatic nitrogens is 2. The fourth-order valence-electron chi connectivity index (χ4n) is 8.44. The molecular weight excluding hydrogens is 701 g/mol. The third-order valence-corrected chi connectivity index (χ3v) is 11.9. The maximum atomic E-state index is 2.35. The Labute approximate surface area is 346 Å². The molecule has 0 saturated heterocycles. The molecule has 0 fully saturated rings. The number of benzene rings is 6. The maximum absolute atomic E-state index is 2.35. The van der Waals surface area contributed by atoms with E-state index < -0.39 is 0 Å². The molecule has 0 aliphatic rings. The second kappa shape index (κ2) is 15.0. The molecular formula is C56H56N2. The van der Waals surface area contributed by atoms with Gasteiger partial charge in [-0.1, -0.05) is 174 Å². The topological polar surface area (TPSA) is 9.86 Å². The van der Waals surface area contributed by atoms with E-state index in [9.17, 15) is 0 Å². The molecule has 0 bridgehead atoms. The summed E-state index contributed by atoms with van der Waals surface area (Å²) in [5, 5.41) is 0. The Bertz CT molecular complexity index is 2530. The van der Waals surface area contributed by atoms with Gasteiger partial charge in [-0.05, 0) is 107 Å². The van der Waals surface area contributed by atoms with Gasteiger partial charge >= 0.3 is 0 Å². The zero-order valence-electron chi connectivity index (χ0n) is 35.9. The minimum Gasteiger partial charge on any atom is -0.320 e. The summed E-state index contributed by atoms with van der Waals surface area (Å²) in [4.78, 5) is 0. The van der Waals surface area contributed by atoms with E-state index in [4.69, 9.17) is 0 Å². The van der Waals surface area contributed by atoms with Crippen molar-refractivity contribution in [3.63, 3.8) is 0 Å². The minimum atomic E-state index is 0.110. The molecule has 8 rings (SSSR count). The first kappa shape index (κ1) is 38.7. The van der Waals surface area contributed by atoms with Crippen LogP contribution in [0.1, 0.15) is 75.2 Å². The van der Waals surface area contributed by atoms with Crippen LogP contribution in [0.3, 0.4) is 0 Å². The first-order chi connectivity index (χ1) is 27.7. The molecule has 0 N–H and O–H groups in total. The van der Waals surface area contributed by atoms with Crippen LogP contribution in [0, 0.1) is 27.7 Å². The van der Waals surface area contributed by atoms with Crippen molar-refractivity contribution in [2.24, 2.45) is 0 Å². The molecule has 2 aromatic heterocycles. The Kier molecular flexibility index (Phi) is 10.0. The molecule has 0 spiro atoms. The van der Waals surface area contributed by atoms with Gasteiger partial charge in [-0.2, -0.15) is 0 Å². The Balaban J connectivity index is 1.15. The van der Waals surface area contributed by atoms with Gasteiger partial charge in [0.2, 0.25) is 0 Å². The lowest BCUT2D eigenvalue weighted by molar-refractivity contribution is 0.590. The lowest BCUT2D eigenvalue weighted by Gasteiger charge is -2.19. The van der Waals surface area contributed by atoms with Crippen LogP contribution in [0.15, 0.2) is 158 Å². The molecule has 290 valence electrons. The molecule has 2 nitrogen and oxygen atoms in total. The predicted octanol–water partition coefficient (Wildman–Crippen LogP) is 15.4. The van der Waals surface area contributed by atoms with Gasteiger partial charge in [-0.15, -0.1) is 0 Å². The SMILES string of the molecule is Cc1cccc(-c2cn(-c3ccc(C(C)(C)C)cc3)c(C)c2-c2ccc(-c3ccc(-c4c(-c5cccc(C)c5)cn(-c5ccc(C(C)(C)C)cc5)c4C)cc3)cc2)c1. The van der Waals surface area contributed by atoms with Gasteiger partial charge in [-0.25, -0.2) is 0 Å². The van der Waals surface area contributed by atoms with Crippen molar-refractivity contribution in [1.82, 2.24) is 9.13 Å². The third kappa shape index (κ3) is 7.52. The molecule has 6 aromatic carbocycles. The van der Waals surface area contributed by atoms with Crippen molar-refractivity contribution in [1.29, 1.82) is 0 Å². The van der Waals surface area contributed by atoms with Crippen molar-refractivity contribution in [3.8, 4) is 67.0 Å². The lowest BCUT2D eigenvalue weighted by atomic mass is 9.87. The van der Waals surface area contributed by atoms with E-state index in [2.05, 4.69) is 236 Å². The molecule has 0 amide bonds. The van der Waals surface area contributed by atoms with Gasteiger partial charge in [0.25, 0.3) is 0 Å². The normalized spacial score (nSPS) is 12.0. The van der Waals surface area contributed by atoms with Gasteiger partial charge in [0.15, 0.2) is 0 Å². The first-order valence-electron chi connectivity index (χ1n) is 20.7. The van der Waals surface area contributed by atoms with E-state index >= 15 is 0 Å². The second-order valence-corrected chi connectivity index (χ2v) is 18.2. The highest BCUT2D eigenvalue weighted by molar-refractivity contribution is 5.89. The van der Waals surface area contributed by atoms with Crippen LogP contribution in [0.4, 0.5) is 0 Å². The van der Waals surface area contributed by atoms with Crippen LogP contribution >= 0.6 is 0 Å². The Morgan fingerprint density at radius 2 is 0.672 bits per heavy atom. The zero-order valence-corrected chi connectivity index (χ0v) is 35.9. The highest BCUT2D eigenvalue weighted by Gasteiger charge is 2.21. The zero-order chi connectivity index (χ0) is 40.9. The van der Waals surface area contributed by atoms with E-state index in [1.165, 1.54) is 101 Å². The third-order valence-electron chi connectivity index (χ3n) is 11.9. The van der Waals surface area contributed by atoms with E-state index in [0.717, 1.165) is 0 Å². The highest BCUT2D eigenvalue weighted by Crippen LogP contribution is 2.41. The van der Waals surface area contributed by atoms with Crippen LogP contribution < -0.4 is 0 Å². The summed E-state index contributed by atoms with van der Waals surface area (Å²) in [5.41, 5.74) is 22.6. The molecule has 0 aliphatic heterocycles. The summed E-state index contributed by atoms with van der Waals surface area (Å²) < 4.78 is 4.71. The molecule has 0 radical (unpaired) electrons.